The van der Waals surface area contributed by atoms with Crippen molar-refractivity contribution in [3.05, 3.63) is 35.4 Å². The predicted octanol–water partition coefficient (Wildman–Crippen LogP) is 5.00. The Morgan fingerprint density at radius 2 is 1.65 bits per heavy atom. The van der Waals surface area contributed by atoms with Gasteiger partial charge in [-0.3, -0.25) is 29.0 Å². The molecule has 1 N–H and O–H groups in total. The second-order valence-corrected chi connectivity index (χ2v) is 13.7. The summed E-state index contributed by atoms with van der Waals surface area (Å²) in [4.78, 5) is 54.1. The van der Waals surface area contributed by atoms with E-state index >= 15 is 0 Å². The van der Waals surface area contributed by atoms with Crippen molar-refractivity contribution < 1.29 is 33.8 Å². The molecular formula is C31H33BrCl2N2O7. The van der Waals surface area contributed by atoms with Crippen LogP contribution in [0, 0.1) is 23.7 Å². The van der Waals surface area contributed by atoms with Crippen LogP contribution in [-0.4, -0.2) is 74.0 Å². The van der Waals surface area contributed by atoms with Crippen LogP contribution in [0.2, 0.25) is 0 Å². The number of nitrogens with zero attached hydrogens (tertiary/aromatic N) is 2. The zero-order valence-electron chi connectivity index (χ0n) is 23.9. The van der Waals surface area contributed by atoms with Crippen molar-refractivity contribution in [1.82, 2.24) is 9.80 Å². The molecule has 1 aromatic carbocycles. The van der Waals surface area contributed by atoms with Crippen LogP contribution >= 0.6 is 39.1 Å². The van der Waals surface area contributed by atoms with Crippen LogP contribution in [0.15, 0.2) is 29.9 Å². The van der Waals surface area contributed by atoms with E-state index in [4.69, 9.17) is 32.7 Å². The molecule has 0 aromatic heterocycles. The third-order valence-electron chi connectivity index (χ3n) is 10.0. The second-order valence-electron chi connectivity index (χ2n) is 12.0. The first-order valence-electron chi connectivity index (χ1n) is 14.5. The van der Waals surface area contributed by atoms with Crippen molar-refractivity contribution in [1.29, 1.82) is 0 Å². The number of methoxy groups -OCH3 is 2. The SMILES string of the molecule is COc1cc(C=CC2C3=CCC4C(=O)N(C5CCCCC5)C(=O)C4C3CC3(Cl)C(=O)N(CBr)C(=O)C23Cl)cc(OC)c1O. The zero-order chi connectivity index (χ0) is 30.8. The molecule has 2 saturated carbocycles. The van der Waals surface area contributed by atoms with Crippen molar-refractivity contribution >= 4 is 68.8 Å². The summed E-state index contributed by atoms with van der Waals surface area (Å²) < 4.78 is 10.6. The monoisotopic (exact) mass is 694 g/mol. The van der Waals surface area contributed by atoms with Crippen molar-refractivity contribution in [2.45, 2.75) is 60.7 Å². The highest BCUT2D eigenvalue weighted by atomic mass is 79.9. The number of ether oxygens (including phenoxy) is 2. The highest BCUT2D eigenvalue weighted by molar-refractivity contribution is 9.09. The topological polar surface area (TPSA) is 113 Å². The number of rotatable bonds is 6. The van der Waals surface area contributed by atoms with Crippen LogP contribution in [0.1, 0.15) is 50.5 Å². The number of hydrogen-bond donors (Lipinski definition) is 1. The van der Waals surface area contributed by atoms with Gasteiger partial charge in [-0.1, -0.05) is 59.0 Å². The number of carbonyl (C=O) groups excluding carboxylic acids is 4. The summed E-state index contributed by atoms with van der Waals surface area (Å²) in [5.74, 6) is -4.07. The normalized spacial score (nSPS) is 34.4. The lowest BCUT2D eigenvalue weighted by Gasteiger charge is -2.49. The number of carbonyl (C=O) groups is 4. The molecule has 2 aliphatic heterocycles. The fourth-order valence-corrected chi connectivity index (χ4v) is 9.32. The van der Waals surface area contributed by atoms with Crippen LogP contribution in [-0.2, 0) is 19.2 Å². The van der Waals surface area contributed by atoms with Gasteiger partial charge in [0.25, 0.3) is 11.8 Å². The summed E-state index contributed by atoms with van der Waals surface area (Å²) >= 11 is 17.7. The molecule has 6 atom stereocenters. The van der Waals surface area contributed by atoms with Gasteiger partial charge in [-0.05, 0) is 49.3 Å². The van der Waals surface area contributed by atoms with Crippen molar-refractivity contribution in [2.75, 3.05) is 19.7 Å². The summed E-state index contributed by atoms with van der Waals surface area (Å²) in [6.45, 7) is 0. The Hall–Kier alpha value is -2.56. The van der Waals surface area contributed by atoms with E-state index in [0.29, 0.717) is 12.0 Å². The number of fused-ring (bicyclic) bond motifs is 4. The van der Waals surface area contributed by atoms with Gasteiger partial charge in [0, 0.05) is 12.0 Å². The standard InChI is InChI=1S/C31H33BrCl2N2O7/c1-42-22-12-16(13-23(43-2)25(22)37)8-11-21-18-9-10-19-24(27(39)36(26(19)38)17-6-4-3-5-7-17)20(18)14-30(33)28(40)35(15-32)29(41)31(21,30)34/h8-9,11-13,17,19-21,24,37H,3-7,10,14-15H2,1-2H3. The number of amides is 4. The van der Waals surface area contributed by atoms with E-state index in [1.54, 1.807) is 24.3 Å². The van der Waals surface area contributed by atoms with E-state index in [1.807, 2.05) is 6.08 Å². The molecule has 6 unspecified atom stereocenters. The fraction of sp³-hybridized carbons (Fsp3) is 0.548. The Labute approximate surface area is 268 Å². The van der Waals surface area contributed by atoms with Gasteiger partial charge in [-0.25, -0.2) is 0 Å². The molecule has 5 aliphatic rings. The Morgan fingerprint density at radius 1 is 1.00 bits per heavy atom. The maximum Gasteiger partial charge on any atom is 0.254 e. The average Bonchev–Trinajstić information content (AvgIpc) is 3.35. The molecule has 3 aliphatic carbocycles. The van der Waals surface area contributed by atoms with Crippen molar-refractivity contribution in [3.63, 3.8) is 0 Å². The third kappa shape index (κ3) is 4.30. The maximum absolute atomic E-state index is 14.1. The van der Waals surface area contributed by atoms with Gasteiger partial charge < -0.3 is 14.6 Å². The molecule has 1 aromatic rings. The number of hydrogen-bond acceptors (Lipinski definition) is 7. The predicted molar refractivity (Wildman–Crippen MR) is 163 cm³/mol. The Kier molecular flexibility index (Phi) is 7.87. The molecule has 0 radical (unpaired) electrons. The van der Waals surface area contributed by atoms with Crippen LogP contribution in [0.4, 0.5) is 0 Å². The van der Waals surface area contributed by atoms with Gasteiger partial charge >= 0.3 is 0 Å². The fourth-order valence-electron chi connectivity index (χ4n) is 7.94. The lowest BCUT2D eigenvalue weighted by Crippen LogP contribution is -2.60. The first-order valence-corrected chi connectivity index (χ1v) is 16.4. The van der Waals surface area contributed by atoms with E-state index < -0.39 is 45.2 Å². The quantitative estimate of drug-likeness (QED) is 0.193. The Balaban J connectivity index is 1.45. The van der Waals surface area contributed by atoms with Gasteiger partial charge in [-0.2, -0.15) is 0 Å². The smallest absolute Gasteiger partial charge is 0.254 e. The van der Waals surface area contributed by atoms with E-state index in [-0.39, 0.29) is 47.0 Å². The van der Waals surface area contributed by atoms with Gasteiger partial charge in [-0.15, -0.1) is 23.2 Å². The number of benzene rings is 1. The molecule has 9 nitrogen and oxygen atoms in total. The number of aromatic hydroxyl groups is 1. The molecule has 2 saturated heterocycles. The first-order chi connectivity index (χ1) is 20.5. The van der Waals surface area contributed by atoms with Gasteiger partial charge in [0.2, 0.25) is 17.6 Å². The minimum absolute atomic E-state index is 0.0398. The lowest BCUT2D eigenvalue weighted by atomic mass is 9.57. The van der Waals surface area contributed by atoms with Crippen LogP contribution in [0.25, 0.3) is 6.08 Å². The average molecular weight is 696 g/mol. The van der Waals surface area contributed by atoms with E-state index in [0.717, 1.165) is 42.6 Å². The summed E-state index contributed by atoms with van der Waals surface area (Å²) in [5.41, 5.74) is 1.22. The Bertz CT molecular complexity index is 1430. The summed E-state index contributed by atoms with van der Waals surface area (Å²) in [6.07, 6.45) is 10.3. The molecule has 230 valence electrons. The lowest BCUT2D eigenvalue weighted by molar-refractivity contribution is -0.144. The number of imide groups is 2. The van der Waals surface area contributed by atoms with Crippen molar-refractivity contribution in [3.8, 4) is 17.2 Å². The minimum atomic E-state index is -1.87. The zero-order valence-corrected chi connectivity index (χ0v) is 27.0. The highest BCUT2D eigenvalue weighted by Crippen LogP contribution is 2.63. The first kappa shape index (κ1) is 30.5. The van der Waals surface area contributed by atoms with Crippen LogP contribution in [0.5, 0.6) is 17.2 Å². The second kappa shape index (κ2) is 11.1. The van der Waals surface area contributed by atoms with Crippen LogP contribution < -0.4 is 9.47 Å². The van der Waals surface area contributed by atoms with Gasteiger partial charge in [0.05, 0.1) is 31.5 Å². The molecule has 2 heterocycles. The summed E-state index contributed by atoms with van der Waals surface area (Å²) in [6, 6.07) is 3.09. The molecule has 4 fully saturated rings. The molecule has 4 amide bonds. The molecule has 6 rings (SSSR count). The summed E-state index contributed by atoms with van der Waals surface area (Å²) in [5, 5.41) is 10.4. The molecule has 0 bridgehead atoms. The van der Waals surface area contributed by atoms with E-state index in [2.05, 4.69) is 15.9 Å². The largest absolute Gasteiger partial charge is 0.502 e. The number of phenols is 1. The van der Waals surface area contributed by atoms with E-state index in [9.17, 15) is 24.3 Å². The maximum atomic E-state index is 14.1. The van der Waals surface area contributed by atoms with Gasteiger partial charge in [0.1, 0.15) is 0 Å². The third-order valence-corrected chi connectivity index (χ3v) is 12.0. The van der Waals surface area contributed by atoms with Gasteiger partial charge in [0.15, 0.2) is 21.2 Å². The Morgan fingerprint density at radius 3 is 2.26 bits per heavy atom. The number of likely N-dealkylation sites (tertiary alicyclic amines) is 2. The number of phenolic OH excluding ortho intramolecular Hbond substituents is 1. The van der Waals surface area contributed by atoms with Crippen molar-refractivity contribution in [2.24, 2.45) is 23.7 Å². The molecule has 43 heavy (non-hydrogen) atoms. The highest BCUT2D eigenvalue weighted by Gasteiger charge is 2.75. The minimum Gasteiger partial charge on any atom is -0.502 e. The number of allylic oxidation sites excluding steroid dienone is 3. The van der Waals surface area contributed by atoms with Crippen LogP contribution in [0.3, 0.4) is 0 Å². The number of halogens is 3. The molecule has 12 heteroatoms. The summed E-state index contributed by atoms with van der Waals surface area (Å²) in [7, 11) is 2.83. The molecule has 0 spiro atoms. The number of alkyl halides is 3. The van der Waals surface area contributed by atoms with E-state index in [1.165, 1.54) is 19.1 Å². The molecular weight excluding hydrogens is 663 g/mol.